The lowest BCUT2D eigenvalue weighted by molar-refractivity contribution is 0.830. The quantitative estimate of drug-likeness (QED) is 0.932. The zero-order chi connectivity index (χ0) is 14.7. The van der Waals surface area contributed by atoms with Gasteiger partial charge in [-0.15, -0.1) is 0 Å². The van der Waals surface area contributed by atoms with E-state index < -0.39 is 0 Å². The average molecular weight is 322 g/mol. The van der Waals surface area contributed by atoms with Crippen LogP contribution in [0.4, 0.5) is 11.9 Å². The molecule has 1 saturated heterocycles. The van der Waals surface area contributed by atoms with Crippen molar-refractivity contribution in [2.75, 3.05) is 30.4 Å². The third-order valence-corrected chi connectivity index (χ3v) is 4.31. The largest absolute Gasteiger partial charge is 0.357 e. The van der Waals surface area contributed by atoms with Crippen LogP contribution in [0.1, 0.15) is 12.8 Å². The second-order valence-corrected chi connectivity index (χ2v) is 6.22. The van der Waals surface area contributed by atoms with Crippen molar-refractivity contribution in [1.29, 1.82) is 0 Å². The lowest BCUT2D eigenvalue weighted by Crippen LogP contribution is -2.21. The highest BCUT2D eigenvalue weighted by molar-refractivity contribution is 7.99. The van der Waals surface area contributed by atoms with Gasteiger partial charge in [0.2, 0.25) is 11.9 Å². The summed E-state index contributed by atoms with van der Waals surface area (Å²) in [5.41, 5.74) is 0. The summed E-state index contributed by atoms with van der Waals surface area (Å²) in [5, 5.41) is 4.39. The zero-order valence-electron chi connectivity index (χ0n) is 11.7. The number of rotatable bonds is 4. The molecule has 1 N–H and O–H groups in total. The Kier molecular flexibility index (Phi) is 4.45. The first-order chi connectivity index (χ1) is 10.2. The van der Waals surface area contributed by atoms with Gasteiger partial charge < -0.3 is 10.2 Å². The van der Waals surface area contributed by atoms with E-state index in [1.165, 1.54) is 24.6 Å². The van der Waals surface area contributed by atoms with Gasteiger partial charge in [-0.05, 0) is 42.8 Å². The van der Waals surface area contributed by atoms with E-state index >= 15 is 0 Å². The molecule has 0 aliphatic carbocycles. The highest BCUT2D eigenvalue weighted by Gasteiger charge is 2.17. The summed E-state index contributed by atoms with van der Waals surface area (Å²) >= 11 is 7.51. The third kappa shape index (κ3) is 3.57. The van der Waals surface area contributed by atoms with Crippen molar-refractivity contribution in [3.63, 3.8) is 0 Å². The first-order valence-electron chi connectivity index (χ1n) is 6.87. The number of hydrogen-bond acceptors (Lipinski definition) is 6. The van der Waals surface area contributed by atoms with Gasteiger partial charge in [0.15, 0.2) is 5.16 Å². The number of halogens is 1. The minimum Gasteiger partial charge on any atom is -0.357 e. The highest BCUT2D eigenvalue weighted by Crippen LogP contribution is 2.29. The Labute approximate surface area is 133 Å². The second kappa shape index (κ2) is 6.49. The molecule has 7 heteroatoms. The molecule has 1 aromatic carbocycles. The molecule has 0 atom stereocenters. The fourth-order valence-electron chi connectivity index (χ4n) is 2.20. The van der Waals surface area contributed by atoms with Gasteiger partial charge in [0.05, 0.1) is 0 Å². The molecule has 2 aromatic rings. The van der Waals surface area contributed by atoms with Crippen LogP contribution in [0, 0.1) is 0 Å². The van der Waals surface area contributed by atoms with Gasteiger partial charge in [0.1, 0.15) is 0 Å². The summed E-state index contributed by atoms with van der Waals surface area (Å²) in [6.45, 7) is 2.02. The molecule has 3 rings (SSSR count). The molecule has 21 heavy (non-hydrogen) atoms. The third-order valence-electron chi connectivity index (χ3n) is 3.22. The van der Waals surface area contributed by atoms with Crippen molar-refractivity contribution in [2.45, 2.75) is 22.9 Å². The molecule has 0 bridgehead atoms. The van der Waals surface area contributed by atoms with Crippen LogP contribution in [-0.4, -0.2) is 35.1 Å². The van der Waals surface area contributed by atoms with E-state index in [0.717, 1.165) is 23.9 Å². The fraction of sp³-hybridized carbons (Fsp3) is 0.357. The summed E-state index contributed by atoms with van der Waals surface area (Å²) in [4.78, 5) is 16.6. The summed E-state index contributed by atoms with van der Waals surface area (Å²) < 4.78 is 0. The van der Waals surface area contributed by atoms with Gasteiger partial charge in [-0.3, -0.25) is 0 Å². The molecular formula is C14H16ClN5S. The number of nitrogens with one attached hydrogen (secondary N) is 1. The van der Waals surface area contributed by atoms with Gasteiger partial charge in [0.25, 0.3) is 0 Å². The molecule has 110 valence electrons. The normalized spacial score (nSPS) is 14.5. The summed E-state index contributed by atoms with van der Waals surface area (Å²) in [5.74, 6) is 1.34. The maximum atomic E-state index is 6.02. The molecule has 2 heterocycles. The van der Waals surface area contributed by atoms with Crippen LogP contribution in [0.25, 0.3) is 0 Å². The maximum Gasteiger partial charge on any atom is 0.231 e. The van der Waals surface area contributed by atoms with Crippen molar-refractivity contribution >= 4 is 35.3 Å². The van der Waals surface area contributed by atoms with Gasteiger partial charge in [-0.25, -0.2) is 0 Å². The van der Waals surface area contributed by atoms with Crippen molar-refractivity contribution in [3.05, 3.63) is 29.3 Å². The van der Waals surface area contributed by atoms with E-state index in [9.17, 15) is 0 Å². The van der Waals surface area contributed by atoms with Crippen LogP contribution >= 0.6 is 23.4 Å². The minimum atomic E-state index is 0.594. The Hall–Kier alpha value is -1.53. The van der Waals surface area contributed by atoms with Crippen molar-refractivity contribution in [3.8, 4) is 0 Å². The van der Waals surface area contributed by atoms with Gasteiger partial charge in [-0.1, -0.05) is 17.7 Å². The second-order valence-electron chi connectivity index (χ2n) is 4.75. The molecule has 1 aromatic heterocycles. The lowest BCUT2D eigenvalue weighted by Gasteiger charge is -2.16. The predicted octanol–water partition coefficient (Wildman–Crippen LogP) is 3.32. The predicted molar refractivity (Wildman–Crippen MR) is 86.4 cm³/mol. The summed E-state index contributed by atoms with van der Waals surface area (Å²) in [6, 6.07) is 7.68. The standard InChI is InChI=1S/C14H16ClN5S/c1-16-12-17-13(20-7-2-3-8-20)19-14(18-12)21-11-6-4-5-10(15)9-11/h4-6,9H,2-3,7-8H2,1H3,(H,16,17,18,19). The molecule has 0 unspecified atom stereocenters. The van der Waals surface area contributed by atoms with Crippen molar-refractivity contribution in [2.24, 2.45) is 0 Å². The molecule has 0 spiro atoms. The summed E-state index contributed by atoms with van der Waals surface area (Å²) in [7, 11) is 1.82. The van der Waals surface area contributed by atoms with Crippen LogP contribution < -0.4 is 10.2 Å². The Morgan fingerprint density at radius 1 is 1.19 bits per heavy atom. The van der Waals surface area contributed by atoms with Crippen molar-refractivity contribution < 1.29 is 0 Å². The van der Waals surface area contributed by atoms with Crippen LogP contribution in [-0.2, 0) is 0 Å². The average Bonchev–Trinajstić information content (AvgIpc) is 3.01. The molecule has 1 aliphatic rings. The van der Waals surface area contributed by atoms with E-state index in [-0.39, 0.29) is 0 Å². The smallest absolute Gasteiger partial charge is 0.231 e. The van der Waals surface area contributed by atoms with E-state index in [0.29, 0.717) is 16.1 Å². The Morgan fingerprint density at radius 2 is 2.00 bits per heavy atom. The first kappa shape index (κ1) is 14.4. The van der Waals surface area contributed by atoms with E-state index in [2.05, 4.69) is 25.2 Å². The SMILES string of the molecule is CNc1nc(Sc2cccc(Cl)c2)nc(N2CCCC2)n1. The molecular weight excluding hydrogens is 306 g/mol. The lowest BCUT2D eigenvalue weighted by atomic mass is 10.4. The highest BCUT2D eigenvalue weighted by atomic mass is 35.5. The number of aromatic nitrogens is 3. The van der Waals surface area contributed by atoms with E-state index in [4.69, 9.17) is 11.6 Å². The van der Waals surface area contributed by atoms with Crippen LogP contribution in [0.5, 0.6) is 0 Å². The number of benzene rings is 1. The molecule has 0 amide bonds. The first-order valence-corrected chi connectivity index (χ1v) is 8.06. The topological polar surface area (TPSA) is 53.9 Å². The molecule has 5 nitrogen and oxygen atoms in total. The van der Waals surface area contributed by atoms with E-state index in [1.54, 1.807) is 0 Å². The van der Waals surface area contributed by atoms with Crippen LogP contribution in [0.3, 0.4) is 0 Å². The molecule has 0 saturated carbocycles. The number of hydrogen-bond donors (Lipinski definition) is 1. The van der Waals surface area contributed by atoms with Gasteiger partial charge in [0, 0.05) is 30.1 Å². The Balaban J connectivity index is 1.88. The number of nitrogens with zero attached hydrogens (tertiary/aromatic N) is 4. The number of anilines is 2. The summed E-state index contributed by atoms with van der Waals surface area (Å²) in [6.07, 6.45) is 2.38. The van der Waals surface area contributed by atoms with E-state index in [1.807, 2.05) is 31.3 Å². The molecule has 1 fully saturated rings. The minimum absolute atomic E-state index is 0.594. The maximum absolute atomic E-state index is 6.02. The Bertz CT molecular complexity index is 631. The van der Waals surface area contributed by atoms with Crippen molar-refractivity contribution in [1.82, 2.24) is 15.0 Å². The Morgan fingerprint density at radius 3 is 2.71 bits per heavy atom. The monoisotopic (exact) mass is 321 g/mol. The fourth-order valence-corrected chi connectivity index (χ4v) is 3.26. The molecule has 0 radical (unpaired) electrons. The van der Waals surface area contributed by atoms with Gasteiger partial charge >= 0.3 is 0 Å². The zero-order valence-corrected chi connectivity index (χ0v) is 13.3. The molecule has 1 aliphatic heterocycles. The van der Waals surface area contributed by atoms with Crippen LogP contribution in [0.15, 0.2) is 34.3 Å². The van der Waals surface area contributed by atoms with Gasteiger partial charge in [-0.2, -0.15) is 15.0 Å². The van der Waals surface area contributed by atoms with Crippen LogP contribution in [0.2, 0.25) is 5.02 Å².